The molecular formula is C38H47NO19. The van der Waals surface area contributed by atoms with E-state index in [-0.39, 0.29) is 17.7 Å². The Morgan fingerprint density at radius 3 is 1.86 bits per heavy atom. The van der Waals surface area contributed by atoms with Crippen molar-refractivity contribution in [3.63, 3.8) is 0 Å². The fourth-order valence-electron chi connectivity index (χ4n) is 9.15. The summed E-state index contributed by atoms with van der Waals surface area (Å²) in [5.74, 6) is -10.4. The molecule has 3 fully saturated rings. The highest BCUT2D eigenvalue weighted by Gasteiger charge is 2.92. The fourth-order valence-corrected chi connectivity index (χ4v) is 9.15. The Kier molecular flexibility index (Phi) is 11.7. The number of aromatic nitrogens is 1. The Morgan fingerprint density at radius 2 is 1.31 bits per heavy atom. The maximum atomic E-state index is 14.2. The van der Waals surface area contributed by atoms with Gasteiger partial charge in [-0.2, -0.15) is 0 Å². The van der Waals surface area contributed by atoms with Gasteiger partial charge in [-0.3, -0.25) is 33.8 Å². The molecule has 1 aromatic rings. The molecule has 58 heavy (non-hydrogen) atoms. The van der Waals surface area contributed by atoms with Gasteiger partial charge in [0.1, 0.15) is 42.0 Å². The van der Waals surface area contributed by atoms with Gasteiger partial charge < -0.3 is 52.8 Å². The van der Waals surface area contributed by atoms with E-state index in [4.69, 9.17) is 42.6 Å². The maximum absolute atomic E-state index is 14.2. The number of pyridine rings is 1. The molecule has 20 nitrogen and oxygen atoms in total. The molecule has 0 aromatic carbocycles. The summed E-state index contributed by atoms with van der Waals surface area (Å²) >= 11 is 0. The summed E-state index contributed by atoms with van der Waals surface area (Å²) in [6.45, 7) is 7.30. The van der Waals surface area contributed by atoms with E-state index in [0.29, 0.717) is 0 Å². The summed E-state index contributed by atoms with van der Waals surface area (Å²) in [6.07, 6.45) is -11.7. The van der Waals surface area contributed by atoms with Crippen LogP contribution in [0.4, 0.5) is 0 Å². The van der Waals surface area contributed by atoms with Crippen molar-refractivity contribution in [2.45, 2.75) is 134 Å². The van der Waals surface area contributed by atoms with Gasteiger partial charge in [0.05, 0.1) is 17.2 Å². The van der Waals surface area contributed by atoms with Crippen LogP contribution in [0, 0.1) is 11.3 Å². The Labute approximate surface area is 332 Å². The molecule has 20 heteroatoms. The maximum Gasteiger partial charge on any atom is 0.340 e. The number of cyclic esters (lactones) is 1. The van der Waals surface area contributed by atoms with Crippen LogP contribution in [0.5, 0.6) is 0 Å². The normalized spacial score (nSPS) is 37.9. The summed E-state index contributed by atoms with van der Waals surface area (Å²) in [5, 5.41) is 25.0. The monoisotopic (exact) mass is 821 g/mol. The second-order valence-corrected chi connectivity index (χ2v) is 15.6. The van der Waals surface area contributed by atoms with E-state index in [1.54, 1.807) is 0 Å². The molecule has 318 valence electrons. The van der Waals surface area contributed by atoms with Gasteiger partial charge in [-0.15, -0.1) is 0 Å². The zero-order valence-electron chi connectivity index (χ0n) is 33.4. The van der Waals surface area contributed by atoms with E-state index in [9.17, 15) is 48.6 Å². The summed E-state index contributed by atoms with van der Waals surface area (Å²) < 4.78 is 53.8. The topological polar surface area (TPSA) is 273 Å². The summed E-state index contributed by atoms with van der Waals surface area (Å²) in [5.41, 5.74) is -12.9. The third-order valence-electron chi connectivity index (χ3n) is 11.2. The van der Waals surface area contributed by atoms with Gasteiger partial charge in [-0.25, -0.2) is 9.59 Å². The number of hydrogen-bond acceptors (Lipinski definition) is 20. The molecule has 2 aliphatic carbocycles. The Hall–Kier alpha value is -5.21. The second-order valence-electron chi connectivity index (χ2n) is 15.6. The van der Waals surface area contributed by atoms with Crippen LogP contribution in [0.1, 0.15) is 84.8 Å². The van der Waals surface area contributed by atoms with Gasteiger partial charge in [0.25, 0.3) is 0 Å². The number of aliphatic hydroxyl groups is 2. The summed E-state index contributed by atoms with van der Waals surface area (Å²) in [7, 11) is 0. The minimum atomic E-state index is -2.93. The standard InChI is InChI=1S/C38H47NO19/c1-17(40)50-16-37-30(55-21(5)44)26(52-18(2)41)25-28(54-20(4)43)38(37)36(9,49)29(27(53-19(3)42)31(37)56-22(6)45)57-33(47)34(7,48)13-12-24-23(11-10-14-39-24)32(46)51-15-35(25,8)58-38/h10-11,14,25-31,48-49H,12-13,15-16H2,1-9H3/t25-,26?,27+,28-,29+,30-,31+,34+,35+,36+,37-,38+/m1/s1. The van der Waals surface area contributed by atoms with Crippen molar-refractivity contribution in [3.05, 3.63) is 29.6 Å². The zero-order valence-corrected chi connectivity index (χ0v) is 33.4. The number of aryl methyl sites for hydroxylation is 1. The van der Waals surface area contributed by atoms with Crippen LogP contribution < -0.4 is 0 Å². The Balaban J connectivity index is 2.01. The van der Waals surface area contributed by atoms with Crippen LogP contribution >= 0.6 is 0 Å². The molecule has 4 aliphatic rings. The van der Waals surface area contributed by atoms with Crippen LogP contribution in [0.2, 0.25) is 0 Å². The zero-order chi connectivity index (χ0) is 43.3. The number of ether oxygens (including phenoxy) is 9. The first-order chi connectivity index (χ1) is 26.9. The molecule has 0 radical (unpaired) electrons. The quantitative estimate of drug-likeness (QED) is 0.270. The highest BCUT2D eigenvalue weighted by atomic mass is 16.7. The fraction of sp³-hybridized carbons (Fsp3) is 0.658. The number of carbonyl (C=O) groups is 8. The van der Waals surface area contributed by atoms with Crippen molar-refractivity contribution >= 4 is 47.8 Å². The van der Waals surface area contributed by atoms with E-state index in [2.05, 4.69) is 4.98 Å². The van der Waals surface area contributed by atoms with E-state index in [0.717, 1.165) is 55.4 Å². The molecule has 1 saturated heterocycles. The van der Waals surface area contributed by atoms with Crippen LogP contribution in [0.15, 0.2) is 18.3 Å². The van der Waals surface area contributed by atoms with Crippen molar-refractivity contribution in [2.75, 3.05) is 13.2 Å². The van der Waals surface area contributed by atoms with Crippen molar-refractivity contribution in [1.82, 2.24) is 4.98 Å². The SMILES string of the molecule is CC(=O)OC[C@]12[C@H](OC(C)=O)C(OC(C)=O)[C@@H]3[C@@H](OC(C)=O)[C@@]14O[C@@]3(C)COC(=O)c1cccnc1CC[C@](C)(O)C(=O)O[C@@H]([C@H](OC(C)=O)[C@@H]2OC(C)=O)[C@]4(C)O. The Bertz CT molecular complexity index is 1890. The predicted molar refractivity (Wildman–Crippen MR) is 187 cm³/mol. The van der Waals surface area contributed by atoms with Crippen molar-refractivity contribution in [2.24, 2.45) is 11.3 Å². The lowest BCUT2D eigenvalue weighted by Gasteiger charge is -2.67. The van der Waals surface area contributed by atoms with Crippen molar-refractivity contribution in [1.29, 1.82) is 0 Å². The predicted octanol–water partition coefficient (Wildman–Crippen LogP) is -0.0225. The van der Waals surface area contributed by atoms with Gasteiger partial charge in [0, 0.05) is 47.7 Å². The van der Waals surface area contributed by atoms with Gasteiger partial charge >= 0.3 is 47.8 Å². The molecule has 1 aromatic heterocycles. The molecule has 1 spiro atoms. The molecule has 2 aliphatic heterocycles. The van der Waals surface area contributed by atoms with Crippen LogP contribution in [-0.2, 0) is 82.6 Å². The number of fused-ring (bicyclic) bond motifs is 5. The van der Waals surface area contributed by atoms with Crippen molar-refractivity contribution < 1.29 is 91.2 Å². The average molecular weight is 822 g/mol. The number of nitrogens with zero attached hydrogens (tertiary/aromatic N) is 1. The molecular weight excluding hydrogens is 774 g/mol. The van der Waals surface area contributed by atoms with Gasteiger partial charge in [-0.1, -0.05) is 0 Å². The first-order valence-electron chi connectivity index (χ1n) is 18.3. The molecule has 3 heterocycles. The number of hydrogen-bond donors (Lipinski definition) is 2. The van der Waals surface area contributed by atoms with Gasteiger partial charge in [0.2, 0.25) is 0 Å². The lowest BCUT2D eigenvalue weighted by molar-refractivity contribution is -0.387. The van der Waals surface area contributed by atoms with E-state index >= 15 is 0 Å². The third-order valence-corrected chi connectivity index (χ3v) is 11.2. The minimum Gasteiger partial charge on any atom is -0.465 e. The van der Waals surface area contributed by atoms with Crippen LogP contribution in [0.3, 0.4) is 0 Å². The molecule has 4 bridgehead atoms. The lowest BCUT2D eigenvalue weighted by Crippen LogP contribution is -2.89. The summed E-state index contributed by atoms with van der Waals surface area (Å²) in [4.78, 5) is 111. The number of esters is 8. The Morgan fingerprint density at radius 1 is 0.776 bits per heavy atom. The van der Waals surface area contributed by atoms with Crippen LogP contribution in [-0.4, -0.2) is 135 Å². The van der Waals surface area contributed by atoms with Gasteiger partial charge in [-0.05, 0) is 45.7 Å². The number of carbonyl (C=O) groups excluding carboxylic acids is 8. The molecule has 5 rings (SSSR count). The molecule has 1 unspecified atom stereocenters. The molecule has 12 atom stereocenters. The second kappa shape index (κ2) is 15.5. The summed E-state index contributed by atoms with van der Waals surface area (Å²) in [6, 6.07) is 2.81. The first kappa shape index (κ1) is 43.9. The lowest BCUT2D eigenvalue weighted by atomic mass is 9.45. The smallest absolute Gasteiger partial charge is 0.340 e. The minimum absolute atomic E-state index is 0.0880. The van der Waals surface area contributed by atoms with Gasteiger partial charge in [0.15, 0.2) is 35.6 Å². The molecule has 0 amide bonds. The first-order valence-corrected chi connectivity index (χ1v) is 18.3. The highest BCUT2D eigenvalue weighted by Crippen LogP contribution is 2.70. The third kappa shape index (κ3) is 7.25. The largest absolute Gasteiger partial charge is 0.465 e. The highest BCUT2D eigenvalue weighted by molar-refractivity contribution is 5.90. The number of rotatable bonds is 7. The van der Waals surface area contributed by atoms with E-state index in [1.165, 1.54) is 25.3 Å². The average Bonchev–Trinajstić information content (AvgIpc) is 3.32. The van der Waals surface area contributed by atoms with Crippen molar-refractivity contribution in [3.8, 4) is 0 Å². The van der Waals surface area contributed by atoms with E-state index < -0.39 is 138 Å². The molecule has 2 saturated carbocycles. The molecule has 2 N–H and O–H groups in total. The van der Waals surface area contributed by atoms with E-state index in [1.807, 2.05) is 0 Å². The van der Waals surface area contributed by atoms with Crippen LogP contribution in [0.25, 0.3) is 0 Å².